The molecule has 0 spiro atoms. The Morgan fingerprint density at radius 1 is 1.29 bits per heavy atom. The zero-order chi connectivity index (χ0) is 12.3. The zero-order valence-electron chi connectivity index (χ0n) is 10.2. The molecule has 90 valence electrons. The summed E-state index contributed by atoms with van der Waals surface area (Å²) < 4.78 is 5.32. The summed E-state index contributed by atoms with van der Waals surface area (Å²) in [6.07, 6.45) is 3.51. The standard InChI is InChI=1S/C14H17NO2/c1-3-17-10-14(2,16)13-9-15-8-11-6-4-5-7-12(11)13/h4-9,16H,3,10H2,1-2H3. The summed E-state index contributed by atoms with van der Waals surface area (Å²) in [4.78, 5) is 4.17. The van der Waals surface area contributed by atoms with Crippen molar-refractivity contribution < 1.29 is 9.84 Å². The van der Waals surface area contributed by atoms with E-state index < -0.39 is 5.60 Å². The molecule has 0 bridgehead atoms. The van der Waals surface area contributed by atoms with Gasteiger partial charge in [0.1, 0.15) is 5.60 Å². The summed E-state index contributed by atoms with van der Waals surface area (Å²) in [6, 6.07) is 7.91. The van der Waals surface area contributed by atoms with Crippen LogP contribution < -0.4 is 0 Å². The maximum Gasteiger partial charge on any atom is 0.112 e. The van der Waals surface area contributed by atoms with Crippen molar-refractivity contribution in [3.8, 4) is 0 Å². The third-order valence-corrected chi connectivity index (χ3v) is 2.84. The molecule has 0 aliphatic rings. The molecule has 2 aromatic rings. The van der Waals surface area contributed by atoms with Crippen LogP contribution in [0.1, 0.15) is 19.4 Å². The fraction of sp³-hybridized carbons (Fsp3) is 0.357. The summed E-state index contributed by atoms with van der Waals surface area (Å²) in [5.74, 6) is 0. The molecule has 0 amide bonds. The van der Waals surface area contributed by atoms with Crippen LogP contribution in [0, 0.1) is 0 Å². The Balaban J connectivity index is 2.47. The molecule has 2 rings (SSSR count). The molecule has 1 N–H and O–H groups in total. The van der Waals surface area contributed by atoms with Gasteiger partial charge in [-0.25, -0.2) is 0 Å². The molecular weight excluding hydrogens is 214 g/mol. The van der Waals surface area contributed by atoms with Crippen LogP contribution in [0.4, 0.5) is 0 Å². The monoisotopic (exact) mass is 231 g/mol. The number of aliphatic hydroxyl groups is 1. The molecule has 3 nitrogen and oxygen atoms in total. The smallest absolute Gasteiger partial charge is 0.112 e. The van der Waals surface area contributed by atoms with E-state index in [4.69, 9.17) is 4.74 Å². The molecule has 0 fully saturated rings. The van der Waals surface area contributed by atoms with Gasteiger partial charge in [-0.3, -0.25) is 4.98 Å². The highest BCUT2D eigenvalue weighted by molar-refractivity contribution is 5.85. The predicted molar refractivity (Wildman–Crippen MR) is 67.8 cm³/mol. The highest BCUT2D eigenvalue weighted by Gasteiger charge is 2.25. The van der Waals surface area contributed by atoms with E-state index in [0.717, 1.165) is 16.3 Å². The summed E-state index contributed by atoms with van der Waals surface area (Å²) in [5, 5.41) is 12.5. The first kappa shape index (κ1) is 12.0. The van der Waals surface area contributed by atoms with Gasteiger partial charge in [-0.05, 0) is 19.2 Å². The molecule has 1 unspecified atom stereocenters. The fourth-order valence-corrected chi connectivity index (χ4v) is 1.92. The molecule has 0 aliphatic heterocycles. The van der Waals surface area contributed by atoms with Crippen LogP contribution in [0.2, 0.25) is 0 Å². The van der Waals surface area contributed by atoms with Gasteiger partial charge in [0.05, 0.1) is 6.61 Å². The van der Waals surface area contributed by atoms with E-state index in [9.17, 15) is 5.11 Å². The van der Waals surface area contributed by atoms with Crippen molar-refractivity contribution in [1.29, 1.82) is 0 Å². The molecule has 3 heteroatoms. The maximum absolute atomic E-state index is 10.4. The Kier molecular flexibility index (Phi) is 3.41. The maximum atomic E-state index is 10.4. The summed E-state index contributed by atoms with van der Waals surface area (Å²) in [6.45, 7) is 4.54. The molecule has 1 aromatic carbocycles. The Hall–Kier alpha value is -1.45. The normalized spacial score (nSPS) is 14.8. The quantitative estimate of drug-likeness (QED) is 0.879. The van der Waals surface area contributed by atoms with Crippen molar-refractivity contribution in [2.45, 2.75) is 19.4 Å². The number of hydrogen-bond acceptors (Lipinski definition) is 3. The van der Waals surface area contributed by atoms with E-state index in [1.54, 1.807) is 19.3 Å². The van der Waals surface area contributed by atoms with Gasteiger partial charge in [0, 0.05) is 30.0 Å². The first-order chi connectivity index (χ1) is 8.15. The number of fused-ring (bicyclic) bond motifs is 1. The Morgan fingerprint density at radius 3 is 2.82 bits per heavy atom. The van der Waals surface area contributed by atoms with E-state index >= 15 is 0 Å². The van der Waals surface area contributed by atoms with Gasteiger partial charge >= 0.3 is 0 Å². The number of benzene rings is 1. The number of rotatable bonds is 4. The minimum absolute atomic E-state index is 0.277. The zero-order valence-corrected chi connectivity index (χ0v) is 10.2. The van der Waals surface area contributed by atoms with Gasteiger partial charge in [-0.1, -0.05) is 24.3 Å². The van der Waals surface area contributed by atoms with Crippen LogP contribution >= 0.6 is 0 Å². The number of hydrogen-bond donors (Lipinski definition) is 1. The minimum atomic E-state index is -1.01. The van der Waals surface area contributed by atoms with Crippen molar-refractivity contribution in [2.75, 3.05) is 13.2 Å². The molecule has 0 saturated heterocycles. The van der Waals surface area contributed by atoms with Gasteiger partial charge in [-0.2, -0.15) is 0 Å². The van der Waals surface area contributed by atoms with Crippen molar-refractivity contribution in [3.63, 3.8) is 0 Å². The first-order valence-electron chi connectivity index (χ1n) is 5.78. The Bertz CT molecular complexity index is 503. The second-order valence-corrected chi connectivity index (χ2v) is 4.32. The lowest BCUT2D eigenvalue weighted by molar-refractivity contribution is -0.0335. The molecule has 1 heterocycles. The highest BCUT2D eigenvalue weighted by Crippen LogP contribution is 2.27. The number of aromatic nitrogens is 1. The van der Waals surface area contributed by atoms with Crippen molar-refractivity contribution in [3.05, 3.63) is 42.2 Å². The van der Waals surface area contributed by atoms with Crippen LogP contribution in [0.3, 0.4) is 0 Å². The number of nitrogens with zero attached hydrogens (tertiary/aromatic N) is 1. The van der Waals surface area contributed by atoms with Gasteiger partial charge in [0.2, 0.25) is 0 Å². The summed E-state index contributed by atoms with van der Waals surface area (Å²) in [5.41, 5.74) is -0.201. The fourth-order valence-electron chi connectivity index (χ4n) is 1.92. The van der Waals surface area contributed by atoms with E-state index in [1.165, 1.54) is 0 Å². The van der Waals surface area contributed by atoms with E-state index in [0.29, 0.717) is 6.61 Å². The number of ether oxygens (including phenoxy) is 1. The van der Waals surface area contributed by atoms with Gasteiger partial charge in [0.15, 0.2) is 0 Å². The molecule has 1 atom stereocenters. The lowest BCUT2D eigenvalue weighted by Crippen LogP contribution is -2.28. The third-order valence-electron chi connectivity index (χ3n) is 2.84. The molecular formula is C14H17NO2. The molecule has 0 saturated carbocycles. The third kappa shape index (κ3) is 2.46. The second-order valence-electron chi connectivity index (χ2n) is 4.32. The Labute approximate surface area is 101 Å². The molecule has 17 heavy (non-hydrogen) atoms. The van der Waals surface area contributed by atoms with Crippen LogP contribution in [0.25, 0.3) is 10.8 Å². The van der Waals surface area contributed by atoms with Crippen LogP contribution in [0.5, 0.6) is 0 Å². The molecule has 0 aliphatic carbocycles. The van der Waals surface area contributed by atoms with Crippen LogP contribution in [-0.4, -0.2) is 23.3 Å². The van der Waals surface area contributed by atoms with Crippen molar-refractivity contribution in [2.24, 2.45) is 0 Å². The van der Waals surface area contributed by atoms with Gasteiger partial charge in [-0.15, -0.1) is 0 Å². The second kappa shape index (κ2) is 4.82. The van der Waals surface area contributed by atoms with Gasteiger partial charge in [0.25, 0.3) is 0 Å². The predicted octanol–water partition coefficient (Wildman–Crippen LogP) is 2.48. The van der Waals surface area contributed by atoms with E-state index in [-0.39, 0.29) is 6.61 Å². The summed E-state index contributed by atoms with van der Waals surface area (Å²) in [7, 11) is 0. The van der Waals surface area contributed by atoms with Crippen molar-refractivity contribution in [1.82, 2.24) is 4.98 Å². The minimum Gasteiger partial charge on any atom is -0.383 e. The van der Waals surface area contributed by atoms with Crippen LogP contribution in [-0.2, 0) is 10.3 Å². The average molecular weight is 231 g/mol. The molecule has 1 aromatic heterocycles. The van der Waals surface area contributed by atoms with Crippen molar-refractivity contribution >= 4 is 10.8 Å². The Morgan fingerprint density at radius 2 is 2.06 bits per heavy atom. The van der Waals surface area contributed by atoms with E-state index in [2.05, 4.69) is 4.98 Å². The SMILES string of the molecule is CCOCC(C)(O)c1cncc2ccccc12. The van der Waals surface area contributed by atoms with Gasteiger partial charge < -0.3 is 9.84 Å². The topological polar surface area (TPSA) is 42.4 Å². The first-order valence-corrected chi connectivity index (χ1v) is 5.78. The largest absolute Gasteiger partial charge is 0.383 e. The lowest BCUT2D eigenvalue weighted by Gasteiger charge is -2.24. The lowest BCUT2D eigenvalue weighted by atomic mass is 9.94. The summed E-state index contributed by atoms with van der Waals surface area (Å²) >= 11 is 0. The highest BCUT2D eigenvalue weighted by atomic mass is 16.5. The average Bonchev–Trinajstić information content (AvgIpc) is 2.36. The van der Waals surface area contributed by atoms with E-state index in [1.807, 2.05) is 31.2 Å². The molecule has 0 radical (unpaired) electrons. The number of pyridine rings is 1. The van der Waals surface area contributed by atoms with Crippen LogP contribution in [0.15, 0.2) is 36.7 Å².